The molecule has 1 N–H and O–H groups in total. The molecule has 0 saturated carbocycles. The Balaban J connectivity index is 0.000000196. The highest BCUT2D eigenvalue weighted by atomic mass is 19.1. The quantitative estimate of drug-likeness (QED) is 0.679. The molecule has 0 bridgehead atoms. The van der Waals surface area contributed by atoms with E-state index in [2.05, 4.69) is 47.5 Å². The first-order chi connectivity index (χ1) is 12.1. The highest BCUT2D eigenvalue weighted by molar-refractivity contribution is 5.30. The second-order valence-corrected chi connectivity index (χ2v) is 5.99. The summed E-state index contributed by atoms with van der Waals surface area (Å²) in [6.45, 7) is 6.84. The fraction of sp³-hybridized carbons (Fsp3) is 0.368. The van der Waals surface area contributed by atoms with Crippen LogP contribution in [0, 0.1) is 15.9 Å². The summed E-state index contributed by atoms with van der Waals surface area (Å²) >= 11 is 0. The lowest BCUT2D eigenvalue weighted by Gasteiger charge is -2.33. The minimum atomic E-state index is -0.799. The zero-order chi connectivity index (χ0) is 18.1. The van der Waals surface area contributed by atoms with Gasteiger partial charge in [-0.15, -0.1) is 0 Å². The number of halogens is 1. The number of benzene rings is 2. The fourth-order valence-corrected chi connectivity index (χ4v) is 2.75. The summed E-state index contributed by atoms with van der Waals surface area (Å²) in [5.74, 6) is -0.799. The van der Waals surface area contributed by atoms with E-state index in [9.17, 15) is 14.5 Å². The standard InChI is InChI=1S/C13H20N2.C6H4FNO2/c1-2-13-11-15(9-8-14-13)10-12-6-4-3-5-7-12;7-5-3-1-2-4-6(5)8(9)10/h3-7,13-14H,2,8-11H2,1H3;1-4H. The summed E-state index contributed by atoms with van der Waals surface area (Å²) in [6.07, 6.45) is 1.23. The lowest BCUT2D eigenvalue weighted by molar-refractivity contribution is -0.387. The lowest BCUT2D eigenvalue weighted by Crippen LogP contribution is -2.49. The highest BCUT2D eigenvalue weighted by Gasteiger charge is 2.17. The summed E-state index contributed by atoms with van der Waals surface area (Å²) in [4.78, 5) is 11.8. The number of nitro groups is 1. The molecule has 3 rings (SSSR count). The van der Waals surface area contributed by atoms with Gasteiger partial charge in [0.2, 0.25) is 5.82 Å². The maximum Gasteiger partial charge on any atom is 0.304 e. The molecule has 2 aromatic carbocycles. The Hall–Kier alpha value is -2.31. The van der Waals surface area contributed by atoms with Gasteiger partial charge in [0, 0.05) is 38.3 Å². The highest BCUT2D eigenvalue weighted by Crippen LogP contribution is 2.14. The Morgan fingerprint density at radius 1 is 1.20 bits per heavy atom. The van der Waals surface area contributed by atoms with Crippen LogP contribution in [0.3, 0.4) is 0 Å². The first-order valence-electron chi connectivity index (χ1n) is 8.48. The van der Waals surface area contributed by atoms with E-state index < -0.39 is 16.4 Å². The van der Waals surface area contributed by atoms with Crippen molar-refractivity contribution in [2.24, 2.45) is 0 Å². The Morgan fingerprint density at radius 3 is 2.48 bits per heavy atom. The second-order valence-electron chi connectivity index (χ2n) is 5.99. The van der Waals surface area contributed by atoms with E-state index in [0.717, 1.165) is 25.2 Å². The number of hydrogen-bond donors (Lipinski definition) is 1. The van der Waals surface area contributed by atoms with Crippen molar-refractivity contribution in [3.05, 3.63) is 76.1 Å². The maximum absolute atomic E-state index is 12.4. The van der Waals surface area contributed by atoms with E-state index in [4.69, 9.17) is 0 Å². The molecule has 1 fully saturated rings. The predicted molar refractivity (Wildman–Crippen MR) is 96.9 cm³/mol. The molecule has 1 heterocycles. The van der Waals surface area contributed by atoms with Gasteiger partial charge in [0.25, 0.3) is 0 Å². The molecule has 0 aliphatic carbocycles. The van der Waals surface area contributed by atoms with E-state index in [1.54, 1.807) is 0 Å². The van der Waals surface area contributed by atoms with Crippen molar-refractivity contribution in [2.75, 3.05) is 19.6 Å². The molecule has 5 nitrogen and oxygen atoms in total. The van der Waals surface area contributed by atoms with Crippen LogP contribution in [-0.2, 0) is 6.54 Å². The van der Waals surface area contributed by atoms with Crippen LogP contribution in [0.5, 0.6) is 0 Å². The minimum absolute atomic E-state index is 0.484. The summed E-state index contributed by atoms with van der Waals surface area (Å²) < 4.78 is 12.4. The largest absolute Gasteiger partial charge is 0.311 e. The molecule has 1 aliphatic rings. The first-order valence-corrected chi connectivity index (χ1v) is 8.48. The van der Waals surface area contributed by atoms with Crippen LogP contribution in [0.2, 0.25) is 0 Å². The van der Waals surface area contributed by atoms with Gasteiger partial charge in [-0.05, 0) is 18.1 Å². The number of piperazine rings is 1. The van der Waals surface area contributed by atoms with Crippen molar-refractivity contribution in [2.45, 2.75) is 25.9 Å². The summed E-state index contributed by atoms with van der Waals surface area (Å²) in [5.41, 5.74) is 0.941. The van der Waals surface area contributed by atoms with Crippen LogP contribution in [0.15, 0.2) is 54.6 Å². The van der Waals surface area contributed by atoms with Crippen molar-refractivity contribution < 1.29 is 9.31 Å². The molecular formula is C19H24FN3O2. The fourth-order valence-electron chi connectivity index (χ4n) is 2.75. The van der Waals surface area contributed by atoms with Crippen LogP contribution < -0.4 is 5.32 Å². The second kappa shape index (κ2) is 9.86. The summed E-state index contributed by atoms with van der Waals surface area (Å²) in [6, 6.07) is 16.4. The molecule has 0 aromatic heterocycles. The molecule has 1 saturated heterocycles. The van der Waals surface area contributed by atoms with Crippen LogP contribution in [-0.4, -0.2) is 35.5 Å². The Bertz CT molecular complexity index is 667. The minimum Gasteiger partial charge on any atom is -0.311 e. The number of rotatable bonds is 4. The average Bonchev–Trinajstić information content (AvgIpc) is 2.63. The van der Waals surface area contributed by atoms with Crippen molar-refractivity contribution >= 4 is 5.69 Å². The SMILES string of the molecule is CCC1CN(Cc2ccccc2)CCN1.O=[N+]([O-])c1ccccc1F. The van der Waals surface area contributed by atoms with Gasteiger partial charge in [0.15, 0.2) is 0 Å². The molecular weight excluding hydrogens is 321 g/mol. The van der Waals surface area contributed by atoms with Crippen molar-refractivity contribution in [3.8, 4) is 0 Å². The molecule has 1 aliphatic heterocycles. The summed E-state index contributed by atoms with van der Waals surface area (Å²) in [7, 11) is 0. The maximum atomic E-state index is 12.4. The monoisotopic (exact) mass is 345 g/mol. The van der Waals surface area contributed by atoms with Gasteiger partial charge in [-0.2, -0.15) is 4.39 Å². The third-order valence-electron chi connectivity index (χ3n) is 4.13. The van der Waals surface area contributed by atoms with E-state index in [1.165, 1.54) is 37.2 Å². The lowest BCUT2D eigenvalue weighted by atomic mass is 10.1. The number of para-hydroxylation sites is 1. The van der Waals surface area contributed by atoms with Gasteiger partial charge in [0.1, 0.15) is 0 Å². The van der Waals surface area contributed by atoms with E-state index >= 15 is 0 Å². The smallest absolute Gasteiger partial charge is 0.304 e. The zero-order valence-electron chi connectivity index (χ0n) is 14.4. The molecule has 0 spiro atoms. The van der Waals surface area contributed by atoms with E-state index in [-0.39, 0.29) is 0 Å². The van der Waals surface area contributed by atoms with Crippen molar-refractivity contribution in [1.82, 2.24) is 10.2 Å². The third-order valence-corrected chi connectivity index (χ3v) is 4.13. The average molecular weight is 345 g/mol. The van der Waals surface area contributed by atoms with E-state index in [1.807, 2.05) is 0 Å². The molecule has 134 valence electrons. The van der Waals surface area contributed by atoms with Crippen LogP contribution in [0.25, 0.3) is 0 Å². The van der Waals surface area contributed by atoms with E-state index in [0.29, 0.717) is 6.04 Å². The normalized spacial score (nSPS) is 17.4. The molecule has 1 unspecified atom stereocenters. The summed E-state index contributed by atoms with van der Waals surface area (Å²) in [5, 5.41) is 13.5. The topological polar surface area (TPSA) is 58.4 Å². The number of nitro benzene ring substituents is 1. The number of nitrogens with one attached hydrogen (secondary N) is 1. The molecule has 2 aromatic rings. The van der Waals surface area contributed by atoms with Gasteiger partial charge in [-0.25, -0.2) is 0 Å². The van der Waals surface area contributed by atoms with Crippen molar-refractivity contribution in [1.29, 1.82) is 0 Å². The van der Waals surface area contributed by atoms with Crippen LogP contribution in [0.4, 0.5) is 10.1 Å². The Kier molecular flexibility index (Phi) is 7.50. The van der Waals surface area contributed by atoms with Crippen molar-refractivity contribution in [3.63, 3.8) is 0 Å². The zero-order valence-corrected chi connectivity index (χ0v) is 14.4. The number of hydrogen-bond acceptors (Lipinski definition) is 4. The number of nitrogens with zero attached hydrogens (tertiary/aromatic N) is 2. The third kappa shape index (κ3) is 6.25. The first kappa shape index (κ1) is 19.0. The predicted octanol–water partition coefficient (Wildman–Crippen LogP) is 3.60. The van der Waals surface area contributed by atoms with Gasteiger partial charge < -0.3 is 5.32 Å². The van der Waals surface area contributed by atoms with Gasteiger partial charge in [-0.3, -0.25) is 15.0 Å². The molecule has 0 radical (unpaired) electrons. The van der Waals surface area contributed by atoms with Crippen LogP contribution in [0.1, 0.15) is 18.9 Å². The van der Waals surface area contributed by atoms with Gasteiger partial charge in [-0.1, -0.05) is 49.4 Å². The molecule has 0 amide bonds. The Morgan fingerprint density at radius 2 is 1.88 bits per heavy atom. The molecule has 1 atom stereocenters. The van der Waals surface area contributed by atoms with Gasteiger partial charge in [0.05, 0.1) is 4.92 Å². The molecule has 6 heteroatoms. The Labute approximate surface area is 147 Å². The van der Waals surface area contributed by atoms with Gasteiger partial charge >= 0.3 is 5.69 Å². The van der Waals surface area contributed by atoms with Crippen LogP contribution >= 0.6 is 0 Å². The molecule has 25 heavy (non-hydrogen) atoms.